The van der Waals surface area contributed by atoms with Gasteiger partial charge in [0.2, 0.25) is 5.95 Å². The van der Waals surface area contributed by atoms with Crippen LogP contribution in [-0.2, 0) is 6.54 Å². The SMILES string of the molecule is OCCn1nccc1C1CCN(c2nc(-c3ccccc3)c3ccccc3n2)CC1. The number of aromatic nitrogens is 4. The first-order chi connectivity index (χ1) is 14.8. The lowest BCUT2D eigenvalue weighted by Gasteiger charge is -2.32. The van der Waals surface area contributed by atoms with Gasteiger partial charge < -0.3 is 10.0 Å². The molecular formula is C24H25N5O. The van der Waals surface area contributed by atoms with E-state index in [1.165, 1.54) is 5.69 Å². The number of aliphatic hydroxyl groups is 1. The van der Waals surface area contributed by atoms with Gasteiger partial charge in [0.25, 0.3) is 0 Å². The van der Waals surface area contributed by atoms with E-state index in [4.69, 9.17) is 9.97 Å². The lowest BCUT2D eigenvalue weighted by Crippen LogP contribution is -2.35. The highest BCUT2D eigenvalue weighted by molar-refractivity contribution is 5.93. The predicted molar refractivity (Wildman–Crippen MR) is 118 cm³/mol. The minimum atomic E-state index is 0.112. The van der Waals surface area contributed by atoms with Gasteiger partial charge in [0.15, 0.2) is 0 Å². The summed E-state index contributed by atoms with van der Waals surface area (Å²) in [5, 5.41) is 14.7. The number of hydrogen-bond acceptors (Lipinski definition) is 5. The molecule has 0 saturated carbocycles. The number of anilines is 1. The molecule has 4 aromatic rings. The average molecular weight is 399 g/mol. The van der Waals surface area contributed by atoms with Gasteiger partial charge in [-0.3, -0.25) is 4.68 Å². The second kappa shape index (κ2) is 8.24. The first kappa shape index (κ1) is 18.8. The third kappa shape index (κ3) is 3.55. The van der Waals surface area contributed by atoms with Gasteiger partial charge in [0.1, 0.15) is 0 Å². The van der Waals surface area contributed by atoms with E-state index in [9.17, 15) is 5.11 Å². The fourth-order valence-electron chi connectivity index (χ4n) is 4.37. The van der Waals surface area contributed by atoms with E-state index in [0.29, 0.717) is 12.5 Å². The highest BCUT2D eigenvalue weighted by Crippen LogP contribution is 2.32. The van der Waals surface area contributed by atoms with Gasteiger partial charge in [-0.25, -0.2) is 9.97 Å². The lowest BCUT2D eigenvalue weighted by atomic mass is 9.93. The Morgan fingerprint density at radius 2 is 1.67 bits per heavy atom. The van der Waals surface area contributed by atoms with Gasteiger partial charge in [-0.15, -0.1) is 0 Å². The molecule has 0 unspecified atom stereocenters. The summed E-state index contributed by atoms with van der Waals surface area (Å²) >= 11 is 0. The molecule has 1 fully saturated rings. The zero-order valence-electron chi connectivity index (χ0n) is 16.9. The van der Waals surface area contributed by atoms with Crippen molar-refractivity contribution >= 4 is 16.9 Å². The van der Waals surface area contributed by atoms with Crippen LogP contribution >= 0.6 is 0 Å². The van der Waals surface area contributed by atoms with E-state index in [2.05, 4.69) is 40.3 Å². The second-order valence-corrected chi connectivity index (χ2v) is 7.72. The van der Waals surface area contributed by atoms with Crippen LogP contribution in [0.15, 0.2) is 66.9 Å². The Hall–Kier alpha value is -3.25. The van der Waals surface area contributed by atoms with Gasteiger partial charge in [0, 0.05) is 41.8 Å². The summed E-state index contributed by atoms with van der Waals surface area (Å²) in [5.41, 5.74) is 4.29. The van der Waals surface area contributed by atoms with Crippen LogP contribution < -0.4 is 4.90 Å². The minimum Gasteiger partial charge on any atom is -0.394 e. The maximum Gasteiger partial charge on any atom is 0.226 e. The molecule has 1 saturated heterocycles. The Labute approximate surface area is 175 Å². The highest BCUT2D eigenvalue weighted by atomic mass is 16.3. The van der Waals surface area contributed by atoms with Crippen molar-refractivity contribution in [2.24, 2.45) is 0 Å². The van der Waals surface area contributed by atoms with Crippen molar-refractivity contribution < 1.29 is 5.11 Å². The molecule has 6 heteroatoms. The Morgan fingerprint density at radius 1 is 0.900 bits per heavy atom. The van der Waals surface area contributed by atoms with Crippen molar-refractivity contribution in [1.82, 2.24) is 19.7 Å². The Balaban J connectivity index is 1.43. The molecule has 0 atom stereocenters. The third-order valence-electron chi connectivity index (χ3n) is 5.90. The summed E-state index contributed by atoms with van der Waals surface area (Å²) in [6.07, 6.45) is 3.87. The molecule has 0 aliphatic carbocycles. The lowest BCUT2D eigenvalue weighted by molar-refractivity contribution is 0.265. The Bertz CT molecular complexity index is 1130. The predicted octanol–water partition coefficient (Wildman–Crippen LogP) is 3.87. The molecule has 0 bridgehead atoms. The first-order valence-electron chi connectivity index (χ1n) is 10.5. The quantitative estimate of drug-likeness (QED) is 0.552. The van der Waals surface area contributed by atoms with Crippen molar-refractivity contribution in [1.29, 1.82) is 0 Å². The van der Waals surface area contributed by atoms with Crippen LogP contribution in [0.25, 0.3) is 22.2 Å². The average Bonchev–Trinajstić information content (AvgIpc) is 3.27. The van der Waals surface area contributed by atoms with Crippen LogP contribution in [0.5, 0.6) is 0 Å². The van der Waals surface area contributed by atoms with Gasteiger partial charge in [0.05, 0.1) is 24.4 Å². The van der Waals surface area contributed by atoms with Crippen LogP contribution in [0.2, 0.25) is 0 Å². The monoisotopic (exact) mass is 399 g/mol. The molecule has 1 aliphatic rings. The summed E-state index contributed by atoms with van der Waals surface area (Å²) in [6, 6.07) is 20.6. The molecule has 30 heavy (non-hydrogen) atoms. The number of nitrogens with zero attached hydrogens (tertiary/aromatic N) is 5. The van der Waals surface area contributed by atoms with Crippen molar-refractivity contribution in [3.63, 3.8) is 0 Å². The molecule has 2 aromatic carbocycles. The topological polar surface area (TPSA) is 67.1 Å². The molecule has 2 aromatic heterocycles. The summed E-state index contributed by atoms with van der Waals surface area (Å²) in [6.45, 7) is 2.47. The van der Waals surface area contributed by atoms with E-state index < -0.39 is 0 Å². The maximum absolute atomic E-state index is 9.27. The number of benzene rings is 2. The first-order valence-corrected chi connectivity index (χ1v) is 10.5. The molecule has 1 N–H and O–H groups in total. The zero-order valence-corrected chi connectivity index (χ0v) is 16.9. The van der Waals surface area contributed by atoms with Crippen molar-refractivity contribution in [3.8, 4) is 11.3 Å². The summed E-state index contributed by atoms with van der Waals surface area (Å²) in [7, 11) is 0. The normalized spacial score (nSPS) is 15.0. The molecule has 0 spiro atoms. The van der Waals surface area contributed by atoms with E-state index >= 15 is 0 Å². The van der Waals surface area contributed by atoms with Gasteiger partial charge >= 0.3 is 0 Å². The zero-order chi connectivity index (χ0) is 20.3. The number of piperidine rings is 1. The molecular weight excluding hydrogens is 374 g/mol. The highest BCUT2D eigenvalue weighted by Gasteiger charge is 2.25. The minimum absolute atomic E-state index is 0.112. The fourth-order valence-corrected chi connectivity index (χ4v) is 4.37. The van der Waals surface area contributed by atoms with Crippen LogP contribution in [0.4, 0.5) is 5.95 Å². The molecule has 152 valence electrons. The molecule has 3 heterocycles. The van der Waals surface area contributed by atoms with Crippen LogP contribution in [0.1, 0.15) is 24.5 Å². The summed E-state index contributed by atoms with van der Waals surface area (Å²) < 4.78 is 1.93. The number of para-hydroxylation sites is 1. The van der Waals surface area contributed by atoms with E-state index in [1.54, 1.807) is 0 Å². The molecule has 0 radical (unpaired) electrons. The van der Waals surface area contributed by atoms with Crippen molar-refractivity contribution in [3.05, 3.63) is 72.6 Å². The molecule has 5 rings (SSSR count). The fraction of sp³-hybridized carbons (Fsp3) is 0.292. The standard InChI is InChI=1S/C24H25N5O/c30-17-16-29-22(10-13-25-29)18-11-14-28(15-12-18)24-26-21-9-5-4-8-20(21)23(27-24)19-6-2-1-3-7-19/h1-10,13,18,30H,11-12,14-17H2. The molecule has 0 amide bonds. The maximum atomic E-state index is 9.27. The smallest absolute Gasteiger partial charge is 0.226 e. The number of hydrogen-bond donors (Lipinski definition) is 1. The van der Waals surface area contributed by atoms with E-state index in [1.807, 2.05) is 41.2 Å². The van der Waals surface area contributed by atoms with Gasteiger partial charge in [-0.2, -0.15) is 5.10 Å². The van der Waals surface area contributed by atoms with Crippen LogP contribution in [0, 0.1) is 0 Å². The molecule has 1 aliphatic heterocycles. The van der Waals surface area contributed by atoms with Crippen LogP contribution in [0.3, 0.4) is 0 Å². The number of fused-ring (bicyclic) bond motifs is 1. The Morgan fingerprint density at radius 3 is 2.47 bits per heavy atom. The number of aliphatic hydroxyl groups excluding tert-OH is 1. The molecule has 6 nitrogen and oxygen atoms in total. The number of rotatable bonds is 5. The summed E-state index contributed by atoms with van der Waals surface area (Å²) in [4.78, 5) is 12.2. The van der Waals surface area contributed by atoms with E-state index in [-0.39, 0.29) is 6.61 Å². The summed E-state index contributed by atoms with van der Waals surface area (Å²) in [5.74, 6) is 1.25. The largest absolute Gasteiger partial charge is 0.394 e. The van der Waals surface area contributed by atoms with Crippen molar-refractivity contribution in [2.45, 2.75) is 25.3 Å². The van der Waals surface area contributed by atoms with Gasteiger partial charge in [-0.05, 0) is 25.0 Å². The Kier molecular flexibility index (Phi) is 5.15. The second-order valence-electron chi connectivity index (χ2n) is 7.72. The van der Waals surface area contributed by atoms with Crippen LogP contribution in [-0.4, -0.2) is 44.6 Å². The third-order valence-corrected chi connectivity index (χ3v) is 5.90. The van der Waals surface area contributed by atoms with E-state index in [0.717, 1.165) is 54.0 Å². The van der Waals surface area contributed by atoms with Gasteiger partial charge in [-0.1, -0.05) is 48.5 Å². The van der Waals surface area contributed by atoms with Crippen molar-refractivity contribution in [2.75, 3.05) is 24.6 Å².